The Balaban J connectivity index is 2.12. The molecule has 1 N–H and O–H groups in total. The van der Waals surface area contributed by atoms with Crippen molar-refractivity contribution in [2.24, 2.45) is 5.92 Å². The van der Waals surface area contributed by atoms with E-state index in [1.807, 2.05) is 57.2 Å². The fourth-order valence-corrected chi connectivity index (χ4v) is 2.62. The average molecular weight is 367 g/mol. The molecule has 0 saturated heterocycles. The summed E-state index contributed by atoms with van der Waals surface area (Å²) >= 11 is 0. The SMILES string of the molecule is CCOCCOC(=O)/C(C#N)=C(/NCc1cnc2ccccc2c1)C(C)C. The standard InChI is InChI=1S/C21H25N3O3/c1-4-26-9-10-27-21(25)18(12-22)20(15(2)3)24-14-16-11-17-7-5-6-8-19(17)23-13-16/h5-8,11,13,15,24H,4,9-10,14H2,1-3H3/b20-18+. The monoisotopic (exact) mass is 367 g/mol. The molecule has 0 spiro atoms. The molecule has 0 bridgehead atoms. The summed E-state index contributed by atoms with van der Waals surface area (Å²) in [5.41, 5.74) is 2.45. The van der Waals surface area contributed by atoms with Crippen molar-refractivity contribution in [1.29, 1.82) is 5.26 Å². The molecule has 0 aliphatic carbocycles. The highest BCUT2D eigenvalue weighted by atomic mass is 16.6. The van der Waals surface area contributed by atoms with Gasteiger partial charge in [0.2, 0.25) is 0 Å². The van der Waals surface area contributed by atoms with Crippen molar-refractivity contribution in [3.63, 3.8) is 0 Å². The zero-order valence-corrected chi connectivity index (χ0v) is 16.0. The molecule has 142 valence electrons. The van der Waals surface area contributed by atoms with Crippen molar-refractivity contribution in [3.8, 4) is 6.07 Å². The number of hydrogen-bond acceptors (Lipinski definition) is 6. The smallest absolute Gasteiger partial charge is 0.350 e. The third-order valence-electron chi connectivity index (χ3n) is 3.96. The van der Waals surface area contributed by atoms with E-state index in [-0.39, 0.29) is 18.1 Å². The van der Waals surface area contributed by atoms with Gasteiger partial charge in [-0.25, -0.2) is 4.79 Å². The lowest BCUT2D eigenvalue weighted by molar-refractivity contribution is -0.140. The minimum atomic E-state index is -0.634. The number of carbonyl (C=O) groups excluding carboxylic acids is 1. The number of allylic oxidation sites excluding steroid dienone is 1. The largest absolute Gasteiger partial charge is 0.459 e. The minimum Gasteiger partial charge on any atom is -0.459 e. The molecule has 6 nitrogen and oxygen atoms in total. The van der Waals surface area contributed by atoms with E-state index < -0.39 is 5.97 Å². The number of aromatic nitrogens is 1. The first-order chi connectivity index (χ1) is 13.1. The van der Waals surface area contributed by atoms with Crippen molar-refractivity contribution >= 4 is 16.9 Å². The molecule has 2 rings (SSSR count). The van der Waals surface area contributed by atoms with Gasteiger partial charge in [-0.1, -0.05) is 32.0 Å². The molecule has 0 unspecified atom stereocenters. The van der Waals surface area contributed by atoms with E-state index >= 15 is 0 Å². The molecule has 1 aromatic heterocycles. The van der Waals surface area contributed by atoms with Gasteiger partial charge in [-0.05, 0) is 30.5 Å². The molecule has 1 heterocycles. The minimum absolute atomic E-state index is 0.00440. The second kappa shape index (κ2) is 10.3. The first kappa shape index (κ1) is 20.4. The summed E-state index contributed by atoms with van der Waals surface area (Å²) in [6.45, 7) is 7.16. The number of nitrogens with one attached hydrogen (secondary N) is 1. The summed E-state index contributed by atoms with van der Waals surface area (Å²) in [5.74, 6) is -0.669. The quantitative estimate of drug-likeness (QED) is 0.317. The number of para-hydroxylation sites is 1. The molecule has 27 heavy (non-hydrogen) atoms. The van der Waals surface area contributed by atoms with Crippen molar-refractivity contribution in [2.75, 3.05) is 19.8 Å². The predicted molar refractivity (Wildman–Crippen MR) is 104 cm³/mol. The van der Waals surface area contributed by atoms with Gasteiger partial charge in [0, 0.05) is 30.4 Å². The van der Waals surface area contributed by atoms with Crippen LogP contribution in [0.25, 0.3) is 10.9 Å². The van der Waals surface area contributed by atoms with Crippen LogP contribution in [0.15, 0.2) is 47.8 Å². The van der Waals surface area contributed by atoms with Crippen molar-refractivity contribution in [2.45, 2.75) is 27.3 Å². The van der Waals surface area contributed by atoms with E-state index in [1.165, 1.54) is 0 Å². The summed E-state index contributed by atoms with van der Waals surface area (Å²) in [4.78, 5) is 16.7. The van der Waals surface area contributed by atoms with Gasteiger partial charge in [0.15, 0.2) is 5.57 Å². The van der Waals surface area contributed by atoms with Crippen LogP contribution in [0.4, 0.5) is 0 Å². The van der Waals surface area contributed by atoms with Crippen LogP contribution in [-0.2, 0) is 20.8 Å². The second-order valence-corrected chi connectivity index (χ2v) is 6.28. The van der Waals surface area contributed by atoms with Gasteiger partial charge in [-0.15, -0.1) is 0 Å². The van der Waals surface area contributed by atoms with Gasteiger partial charge >= 0.3 is 5.97 Å². The van der Waals surface area contributed by atoms with Gasteiger partial charge in [-0.2, -0.15) is 5.26 Å². The van der Waals surface area contributed by atoms with E-state index in [9.17, 15) is 10.1 Å². The van der Waals surface area contributed by atoms with Gasteiger partial charge in [0.1, 0.15) is 12.7 Å². The Bertz CT molecular complexity index is 853. The van der Waals surface area contributed by atoms with Crippen molar-refractivity contribution < 1.29 is 14.3 Å². The van der Waals surface area contributed by atoms with E-state index in [2.05, 4.69) is 10.3 Å². The molecule has 0 amide bonds. The molecule has 6 heteroatoms. The van der Waals surface area contributed by atoms with Gasteiger partial charge < -0.3 is 14.8 Å². The Morgan fingerprint density at radius 3 is 2.78 bits per heavy atom. The van der Waals surface area contributed by atoms with E-state index in [4.69, 9.17) is 9.47 Å². The van der Waals surface area contributed by atoms with Crippen LogP contribution in [0.5, 0.6) is 0 Å². The maximum Gasteiger partial charge on any atom is 0.350 e. The lowest BCUT2D eigenvalue weighted by Crippen LogP contribution is -2.23. The van der Waals surface area contributed by atoms with E-state index in [0.29, 0.717) is 25.5 Å². The van der Waals surface area contributed by atoms with Gasteiger partial charge in [0.05, 0.1) is 12.1 Å². The zero-order valence-electron chi connectivity index (χ0n) is 16.0. The average Bonchev–Trinajstić information content (AvgIpc) is 2.67. The van der Waals surface area contributed by atoms with Crippen LogP contribution in [0.2, 0.25) is 0 Å². The van der Waals surface area contributed by atoms with Crippen molar-refractivity contribution in [3.05, 3.63) is 53.4 Å². The first-order valence-electron chi connectivity index (χ1n) is 9.03. The topological polar surface area (TPSA) is 84.2 Å². The second-order valence-electron chi connectivity index (χ2n) is 6.28. The summed E-state index contributed by atoms with van der Waals surface area (Å²) < 4.78 is 10.3. The number of pyridine rings is 1. The Kier molecular flexibility index (Phi) is 7.78. The third-order valence-corrected chi connectivity index (χ3v) is 3.96. The molecule has 0 fully saturated rings. The van der Waals surface area contributed by atoms with Crippen LogP contribution in [-0.4, -0.2) is 30.8 Å². The number of hydrogen-bond donors (Lipinski definition) is 1. The number of nitrogens with zero attached hydrogens (tertiary/aromatic N) is 2. The van der Waals surface area contributed by atoms with Crippen LogP contribution in [0.1, 0.15) is 26.3 Å². The molecule has 0 atom stereocenters. The number of benzene rings is 1. The number of carbonyl (C=O) groups is 1. The molecule has 0 radical (unpaired) electrons. The zero-order chi connectivity index (χ0) is 19.6. The molecule has 1 aromatic carbocycles. The summed E-state index contributed by atoms with van der Waals surface area (Å²) in [5, 5.41) is 13.7. The van der Waals surface area contributed by atoms with Gasteiger partial charge in [-0.3, -0.25) is 4.98 Å². The molecular formula is C21H25N3O3. The summed E-state index contributed by atoms with van der Waals surface area (Å²) in [6, 6.07) is 11.9. The third kappa shape index (κ3) is 5.80. The summed E-state index contributed by atoms with van der Waals surface area (Å²) in [7, 11) is 0. The molecule has 0 aliphatic rings. The highest BCUT2D eigenvalue weighted by molar-refractivity contribution is 5.93. The van der Waals surface area contributed by atoms with Gasteiger partial charge in [0.25, 0.3) is 0 Å². The maximum absolute atomic E-state index is 12.3. The van der Waals surface area contributed by atoms with Crippen LogP contribution < -0.4 is 5.32 Å². The first-order valence-corrected chi connectivity index (χ1v) is 9.03. The number of ether oxygens (including phenoxy) is 2. The summed E-state index contributed by atoms with van der Waals surface area (Å²) in [6.07, 6.45) is 1.79. The lowest BCUT2D eigenvalue weighted by atomic mass is 10.0. The Morgan fingerprint density at radius 2 is 2.07 bits per heavy atom. The normalized spacial score (nSPS) is 11.8. The van der Waals surface area contributed by atoms with Crippen LogP contribution in [0.3, 0.4) is 0 Å². The van der Waals surface area contributed by atoms with Crippen LogP contribution in [0, 0.1) is 17.2 Å². The lowest BCUT2D eigenvalue weighted by Gasteiger charge is -2.16. The molecular weight excluding hydrogens is 342 g/mol. The Morgan fingerprint density at radius 1 is 1.30 bits per heavy atom. The number of rotatable bonds is 9. The number of fused-ring (bicyclic) bond motifs is 1. The molecule has 0 saturated carbocycles. The molecule has 2 aromatic rings. The number of nitriles is 1. The Labute approximate surface area is 159 Å². The predicted octanol–water partition coefficient (Wildman–Crippen LogP) is 3.34. The fourth-order valence-electron chi connectivity index (χ4n) is 2.62. The highest BCUT2D eigenvalue weighted by Gasteiger charge is 2.19. The van der Waals surface area contributed by atoms with Crippen molar-refractivity contribution in [1.82, 2.24) is 10.3 Å². The molecule has 0 aliphatic heterocycles. The fraction of sp³-hybridized carbons (Fsp3) is 0.381. The Hall–Kier alpha value is -2.91. The maximum atomic E-state index is 12.3. The van der Waals surface area contributed by atoms with E-state index in [1.54, 1.807) is 6.20 Å². The number of esters is 1. The van der Waals surface area contributed by atoms with Crippen LogP contribution >= 0.6 is 0 Å². The van der Waals surface area contributed by atoms with E-state index in [0.717, 1.165) is 16.5 Å². The highest BCUT2D eigenvalue weighted by Crippen LogP contribution is 2.16.